The molecule has 6 nitrogen and oxygen atoms in total. The molecule has 0 spiro atoms. The minimum atomic E-state index is -0.307. The zero-order valence-electron chi connectivity index (χ0n) is 17.9. The quantitative estimate of drug-likeness (QED) is 0.252. The molecule has 0 fully saturated rings. The molecule has 3 amide bonds. The SMILES string of the molecule is Cc1cccc(NC(=O)Nc2ccc3nc(SCC(=O)Nc4ccccc4Cl)sc3c2)c1C. The summed E-state index contributed by atoms with van der Waals surface area (Å²) in [4.78, 5) is 29.3. The molecule has 3 N–H and O–H groups in total. The predicted octanol–water partition coefficient (Wildman–Crippen LogP) is 6.94. The van der Waals surface area contributed by atoms with E-state index >= 15 is 0 Å². The first-order valence-electron chi connectivity index (χ1n) is 10.1. The Morgan fingerprint density at radius 3 is 2.58 bits per heavy atom. The van der Waals surface area contributed by atoms with Crippen molar-refractivity contribution in [3.8, 4) is 0 Å². The second-order valence-electron chi connectivity index (χ2n) is 7.31. The van der Waals surface area contributed by atoms with Gasteiger partial charge in [0.15, 0.2) is 4.34 Å². The van der Waals surface area contributed by atoms with Crippen LogP contribution in [0, 0.1) is 13.8 Å². The van der Waals surface area contributed by atoms with Crippen LogP contribution in [0.4, 0.5) is 21.9 Å². The summed E-state index contributed by atoms with van der Waals surface area (Å²) >= 11 is 8.91. The molecule has 0 saturated carbocycles. The molecule has 4 rings (SSSR count). The summed E-state index contributed by atoms with van der Waals surface area (Å²) in [6.07, 6.45) is 0. The number of urea groups is 1. The average Bonchev–Trinajstić information content (AvgIpc) is 3.19. The number of thioether (sulfide) groups is 1. The summed E-state index contributed by atoms with van der Waals surface area (Å²) < 4.78 is 1.70. The maximum Gasteiger partial charge on any atom is 0.323 e. The van der Waals surface area contributed by atoms with Crippen molar-refractivity contribution in [2.45, 2.75) is 18.2 Å². The van der Waals surface area contributed by atoms with Crippen molar-refractivity contribution < 1.29 is 9.59 Å². The Kier molecular flexibility index (Phi) is 7.17. The zero-order chi connectivity index (χ0) is 23.4. The number of hydrogen-bond donors (Lipinski definition) is 3. The van der Waals surface area contributed by atoms with Crippen molar-refractivity contribution in [3.05, 3.63) is 76.8 Å². The largest absolute Gasteiger partial charge is 0.324 e. The van der Waals surface area contributed by atoms with Crippen LogP contribution < -0.4 is 16.0 Å². The first-order chi connectivity index (χ1) is 15.9. The number of hydrogen-bond acceptors (Lipinski definition) is 5. The van der Waals surface area contributed by atoms with Crippen LogP contribution in [0.1, 0.15) is 11.1 Å². The highest BCUT2D eigenvalue weighted by molar-refractivity contribution is 8.01. The van der Waals surface area contributed by atoms with E-state index in [-0.39, 0.29) is 17.7 Å². The van der Waals surface area contributed by atoms with E-state index in [9.17, 15) is 9.59 Å². The number of carbonyl (C=O) groups excluding carboxylic acids is 2. The van der Waals surface area contributed by atoms with E-state index in [1.165, 1.54) is 23.1 Å². The highest BCUT2D eigenvalue weighted by atomic mass is 35.5. The van der Waals surface area contributed by atoms with Crippen LogP contribution in [0.2, 0.25) is 5.02 Å². The Labute approximate surface area is 204 Å². The molecule has 1 heterocycles. The topological polar surface area (TPSA) is 83.1 Å². The number of para-hydroxylation sites is 1. The Morgan fingerprint density at radius 2 is 1.76 bits per heavy atom. The van der Waals surface area contributed by atoms with Gasteiger partial charge >= 0.3 is 6.03 Å². The van der Waals surface area contributed by atoms with Crippen LogP contribution in [0.5, 0.6) is 0 Å². The lowest BCUT2D eigenvalue weighted by molar-refractivity contribution is -0.113. The number of aryl methyl sites for hydroxylation is 1. The smallest absolute Gasteiger partial charge is 0.323 e. The number of fused-ring (bicyclic) bond motifs is 1. The summed E-state index contributed by atoms with van der Waals surface area (Å²) in [7, 11) is 0. The van der Waals surface area contributed by atoms with E-state index < -0.39 is 0 Å². The summed E-state index contributed by atoms with van der Waals surface area (Å²) in [6.45, 7) is 3.98. The first-order valence-corrected chi connectivity index (χ1v) is 12.3. The van der Waals surface area contributed by atoms with Crippen LogP contribution in [-0.4, -0.2) is 22.7 Å². The summed E-state index contributed by atoms with van der Waals surface area (Å²) in [5.41, 5.74) is 5.00. The van der Waals surface area contributed by atoms with Crippen molar-refractivity contribution in [2.75, 3.05) is 21.7 Å². The van der Waals surface area contributed by atoms with Gasteiger partial charge in [0.25, 0.3) is 0 Å². The number of benzene rings is 3. The molecule has 0 unspecified atom stereocenters. The highest BCUT2D eigenvalue weighted by Gasteiger charge is 2.11. The van der Waals surface area contributed by atoms with E-state index in [4.69, 9.17) is 11.6 Å². The second-order valence-corrected chi connectivity index (χ2v) is 9.97. The summed E-state index contributed by atoms with van der Waals surface area (Å²) in [6, 6.07) is 18.1. The van der Waals surface area contributed by atoms with Crippen LogP contribution in [0.3, 0.4) is 0 Å². The highest BCUT2D eigenvalue weighted by Crippen LogP contribution is 2.31. The Hall–Kier alpha value is -3.07. The normalized spacial score (nSPS) is 10.8. The molecule has 0 saturated heterocycles. The average molecular weight is 497 g/mol. The number of carbonyl (C=O) groups is 2. The van der Waals surface area contributed by atoms with E-state index in [0.717, 1.165) is 31.4 Å². The van der Waals surface area contributed by atoms with E-state index in [1.54, 1.807) is 12.1 Å². The lowest BCUT2D eigenvalue weighted by Crippen LogP contribution is -2.20. The Balaban J connectivity index is 1.37. The van der Waals surface area contributed by atoms with Crippen LogP contribution in [0.25, 0.3) is 10.2 Å². The summed E-state index contributed by atoms with van der Waals surface area (Å²) in [5, 5.41) is 9.06. The minimum absolute atomic E-state index is 0.155. The maximum atomic E-state index is 12.4. The third-order valence-corrected chi connectivity index (χ3v) is 7.44. The van der Waals surface area contributed by atoms with Crippen LogP contribution in [-0.2, 0) is 4.79 Å². The van der Waals surface area contributed by atoms with Gasteiger partial charge in [-0.2, -0.15) is 0 Å². The standard InChI is InChI=1S/C24H21ClN4O2S2/c1-14-6-5-9-18(15(14)2)28-23(31)26-16-10-11-20-21(12-16)33-24(29-20)32-13-22(30)27-19-8-4-3-7-17(19)25/h3-12H,13H2,1-2H3,(H,27,30)(H2,26,28,31). The number of halogens is 1. The van der Waals surface area contributed by atoms with Gasteiger partial charge in [0.05, 0.1) is 26.7 Å². The number of rotatable bonds is 6. The molecule has 4 aromatic rings. The third-order valence-electron chi connectivity index (χ3n) is 4.95. The van der Waals surface area contributed by atoms with E-state index in [0.29, 0.717) is 16.4 Å². The van der Waals surface area contributed by atoms with E-state index in [1.807, 2.05) is 62.4 Å². The Bertz CT molecular complexity index is 1340. The first kappa shape index (κ1) is 23.1. The fourth-order valence-corrected chi connectivity index (χ4v) is 5.18. The monoisotopic (exact) mass is 496 g/mol. The molecule has 0 aliphatic carbocycles. The molecule has 3 aromatic carbocycles. The molecule has 0 atom stereocenters. The maximum absolute atomic E-state index is 12.4. The van der Waals surface area contributed by atoms with Crippen LogP contribution in [0.15, 0.2) is 65.0 Å². The third kappa shape index (κ3) is 5.84. The molecular weight excluding hydrogens is 476 g/mol. The molecular formula is C24H21ClN4O2S2. The number of nitrogens with one attached hydrogen (secondary N) is 3. The van der Waals surface area contributed by atoms with Gasteiger partial charge < -0.3 is 16.0 Å². The number of anilines is 3. The lowest BCUT2D eigenvalue weighted by atomic mass is 10.1. The molecule has 9 heteroatoms. The van der Waals surface area contributed by atoms with Crippen LogP contribution >= 0.6 is 34.7 Å². The molecule has 1 aromatic heterocycles. The fourth-order valence-electron chi connectivity index (χ4n) is 3.09. The molecule has 33 heavy (non-hydrogen) atoms. The number of nitrogens with zero attached hydrogens (tertiary/aromatic N) is 1. The van der Waals surface area contributed by atoms with Gasteiger partial charge in [-0.3, -0.25) is 4.79 Å². The van der Waals surface area contributed by atoms with Gasteiger partial charge in [-0.25, -0.2) is 9.78 Å². The number of aromatic nitrogens is 1. The number of thiazole rings is 1. The van der Waals surface area contributed by atoms with Crippen molar-refractivity contribution >= 4 is 73.9 Å². The molecule has 0 aliphatic rings. The molecule has 0 radical (unpaired) electrons. The van der Waals surface area contributed by atoms with Gasteiger partial charge in [-0.15, -0.1) is 11.3 Å². The van der Waals surface area contributed by atoms with Gasteiger partial charge in [0, 0.05) is 11.4 Å². The van der Waals surface area contributed by atoms with Gasteiger partial charge in [0.2, 0.25) is 5.91 Å². The van der Waals surface area contributed by atoms with Gasteiger partial charge in [0.1, 0.15) is 0 Å². The van der Waals surface area contributed by atoms with Crippen molar-refractivity contribution in [1.29, 1.82) is 0 Å². The zero-order valence-corrected chi connectivity index (χ0v) is 20.3. The van der Waals surface area contributed by atoms with E-state index in [2.05, 4.69) is 20.9 Å². The second kappa shape index (κ2) is 10.2. The van der Waals surface area contributed by atoms with Crippen molar-refractivity contribution in [3.63, 3.8) is 0 Å². The Morgan fingerprint density at radius 1 is 0.970 bits per heavy atom. The number of amides is 3. The fraction of sp³-hybridized carbons (Fsp3) is 0.125. The summed E-state index contributed by atoms with van der Waals surface area (Å²) in [5.74, 6) is 0.0619. The van der Waals surface area contributed by atoms with Crippen molar-refractivity contribution in [2.24, 2.45) is 0 Å². The minimum Gasteiger partial charge on any atom is -0.324 e. The predicted molar refractivity (Wildman–Crippen MR) is 139 cm³/mol. The molecule has 168 valence electrons. The van der Waals surface area contributed by atoms with Crippen molar-refractivity contribution in [1.82, 2.24) is 4.98 Å². The molecule has 0 bridgehead atoms. The van der Waals surface area contributed by atoms with Gasteiger partial charge in [-0.05, 0) is 61.4 Å². The lowest BCUT2D eigenvalue weighted by Gasteiger charge is -2.11. The van der Waals surface area contributed by atoms with Gasteiger partial charge in [-0.1, -0.05) is 47.6 Å². The molecule has 0 aliphatic heterocycles.